The van der Waals surface area contributed by atoms with Crippen molar-refractivity contribution in [3.63, 3.8) is 0 Å². The highest BCUT2D eigenvalue weighted by Crippen LogP contribution is 2.11. The number of benzene rings is 1. The number of hydrogen-bond acceptors (Lipinski definition) is 5. The van der Waals surface area contributed by atoms with Crippen molar-refractivity contribution in [3.8, 4) is 5.75 Å². The van der Waals surface area contributed by atoms with Crippen molar-refractivity contribution in [2.45, 2.75) is 19.9 Å². The normalized spacial score (nSPS) is 11.9. The minimum Gasteiger partial charge on any atom is -0.491 e. The first-order valence-corrected chi connectivity index (χ1v) is 6.76. The Kier molecular flexibility index (Phi) is 4.46. The van der Waals surface area contributed by atoms with E-state index in [9.17, 15) is 4.79 Å². The van der Waals surface area contributed by atoms with Gasteiger partial charge in [0.25, 0.3) is 5.91 Å². The van der Waals surface area contributed by atoms with E-state index in [1.54, 1.807) is 5.38 Å². The van der Waals surface area contributed by atoms with Crippen LogP contribution in [0.2, 0.25) is 0 Å². The standard InChI is InChI=1S/C13H15N3O2S/c1-9-3-5-11(6-4-9)18-7-10(2)14-13(17)12-8-19-16-15-12/h3-6,8,10H,7H2,1-2H3,(H,14,17)/t10-/m0/s1. The highest BCUT2D eigenvalue weighted by Gasteiger charge is 2.12. The monoisotopic (exact) mass is 277 g/mol. The van der Waals surface area contributed by atoms with Gasteiger partial charge in [0.1, 0.15) is 12.4 Å². The van der Waals surface area contributed by atoms with Gasteiger partial charge in [-0.2, -0.15) is 0 Å². The van der Waals surface area contributed by atoms with Gasteiger partial charge in [0, 0.05) is 5.38 Å². The van der Waals surface area contributed by atoms with E-state index in [0.717, 1.165) is 17.3 Å². The van der Waals surface area contributed by atoms with E-state index >= 15 is 0 Å². The van der Waals surface area contributed by atoms with Crippen molar-refractivity contribution in [3.05, 3.63) is 40.9 Å². The predicted molar refractivity (Wildman–Crippen MR) is 73.5 cm³/mol. The Morgan fingerprint density at radius 2 is 2.16 bits per heavy atom. The predicted octanol–water partition coefficient (Wildman–Crippen LogP) is 2.04. The maximum Gasteiger partial charge on any atom is 0.273 e. The summed E-state index contributed by atoms with van der Waals surface area (Å²) in [5, 5.41) is 8.13. The molecule has 0 saturated carbocycles. The van der Waals surface area contributed by atoms with Crippen LogP contribution in [0.1, 0.15) is 23.0 Å². The summed E-state index contributed by atoms with van der Waals surface area (Å²) in [6.45, 7) is 4.31. The molecule has 19 heavy (non-hydrogen) atoms. The number of amides is 1. The van der Waals surface area contributed by atoms with E-state index in [0.29, 0.717) is 12.3 Å². The summed E-state index contributed by atoms with van der Waals surface area (Å²) in [5.41, 5.74) is 1.52. The fourth-order valence-electron chi connectivity index (χ4n) is 1.46. The van der Waals surface area contributed by atoms with Crippen LogP contribution in [-0.4, -0.2) is 28.1 Å². The molecule has 0 bridgehead atoms. The lowest BCUT2D eigenvalue weighted by Crippen LogP contribution is -2.36. The summed E-state index contributed by atoms with van der Waals surface area (Å²) >= 11 is 1.15. The molecule has 1 aromatic carbocycles. The zero-order chi connectivity index (χ0) is 13.7. The van der Waals surface area contributed by atoms with Gasteiger partial charge in [-0.05, 0) is 37.5 Å². The molecule has 2 rings (SSSR count). The molecule has 0 saturated heterocycles. The van der Waals surface area contributed by atoms with E-state index in [4.69, 9.17) is 4.74 Å². The van der Waals surface area contributed by atoms with Crippen LogP contribution in [-0.2, 0) is 0 Å². The first kappa shape index (κ1) is 13.5. The second-order valence-corrected chi connectivity index (χ2v) is 4.90. The van der Waals surface area contributed by atoms with Crippen LogP contribution in [0.5, 0.6) is 5.75 Å². The lowest BCUT2D eigenvalue weighted by Gasteiger charge is -2.14. The van der Waals surface area contributed by atoms with Crippen molar-refractivity contribution in [2.24, 2.45) is 0 Å². The van der Waals surface area contributed by atoms with E-state index < -0.39 is 0 Å². The fraction of sp³-hybridized carbons (Fsp3) is 0.308. The molecule has 1 aromatic heterocycles. The molecule has 1 amide bonds. The van der Waals surface area contributed by atoms with E-state index in [1.165, 1.54) is 5.56 Å². The Bertz CT molecular complexity index is 525. The van der Waals surface area contributed by atoms with E-state index in [1.807, 2.05) is 38.1 Å². The zero-order valence-corrected chi connectivity index (χ0v) is 11.6. The number of rotatable bonds is 5. The molecule has 0 spiro atoms. The zero-order valence-electron chi connectivity index (χ0n) is 10.8. The van der Waals surface area contributed by atoms with Crippen LogP contribution >= 0.6 is 11.5 Å². The van der Waals surface area contributed by atoms with Gasteiger partial charge in [-0.15, -0.1) is 5.10 Å². The maximum atomic E-state index is 11.7. The molecule has 5 nitrogen and oxygen atoms in total. The van der Waals surface area contributed by atoms with Crippen LogP contribution in [0.25, 0.3) is 0 Å². The van der Waals surface area contributed by atoms with E-state index in [-0.39, 0.29) is 11.9 Å². The third-order valence-electron chi connectivity index (χ3n) is 2.49. The van der Waals surface area contributed by atoms with Gasteiger partial charge in [0.05, 0.1) is 6.04 Å². The van der Waals surface area contributed by atoms with Gasteiger partial charge in [-0.3, -0.25) is 4.79 Å². The average Bonchev–Trinajstić information content (AvgIpc) is 2.92. The molecule has 1 atom stereocenters. The Balaban J connectivity index is 1.80. The van der Waals surface area contributed by atoms with Gasteiger partial charge >= 0.3 is 0 Å². The molecule has 6 heteroatoms. The summed E-state index contributed by atoms with van der Waals surface area (Å²) in [6.07, 6.45) is 0. The minimum absolute atomic E-state index is 0.101. The third-order valence-corrected chi connectivity index (χ3v) is 3.00. The Morgan fingerprint density at radius 3 is 2.79 bits per heavy atom. The molecule has 100 valence electrons. The second kappa shape index (κ2) is 6.29. The van der Waals surface area contributed by atoms with Crippen molar-refractivity contribution in [1.82, 2.24) is 14.9 Å². The molecular weight excluding hydrogens is 262 g/mol. The quantitative estimate of drug-likeness (QED) is 0.908. The fourth-order valence-corrected chi connectivity index (χ4v) is 1.89. The summed E-state index contributed by atoms with van der Waals surface area (Å²) in [6, 6.07) is 7.69. The van der Waals surface area contributed by atoms with Crippen LogP contribution in [0.4, 0.5) is 0 Å². The van der Waals surface area contributed by atoms with Crippen molar-refractivity contribution in [2.75, 3.05) is 6.61 Å². The summed E-state index contributed by atoms with van der Waals surface area (Å²) in [7, 11) is 0. The smallest absolute Gasteiger partial charge is 0.273 e. The molecule has 0 fully saturated rings. The van der Waals surface area contributed by atoms with Crippen molar-refractivity contribution < 1.29 is 9.53 Å². The molecule has 1 heterocycles. The summed E-state index contributed by atoms with van der Waals surface area (Å²) in [5.74, 6) is 0.566. The van der Waals surface area contributed by atoms with Gasteiger partial charge in [-0.25, -0.2) is 0 Å². The molecule has 0 aliphatic heterocycles. The lowest BCUT2D eigenvalue weighted by atomic mass is 10.2. The molecule has 1 N–H and O–H groups in total. The Morgan fingerprint density at radius 1 is 1.42 bits per heavy atom. The first-order chi connectivity index (χ1) is 9.15. The number of carbonyl (C=O) groups is 1. The van der Waals surface area contributed by atoms with Crippen LogP contribution < -0.4 is 10.1 Å². The number of hydrogen-bond donors (Lipinski definition) is 1. The Labute approximate surface area is 115 Å². The molecule has 0 radical (unpaired) electrons. The molecule has 2 aromatic rings. The largest absolute Gasteiger partial charge is 0.491 e. The Hall–Kier alpha value is -1.95. The highest BCUT2D eigenvalue weighted by molar-refractivity contribution is 7.03. The number of aromatic nitrogens is 2. The topological polar surface area (TPSA) is 64.1 Å². The van der Waals surface area contributed by atoms with Gasteiger partial charge in [0.15, 0.2) is 5.69 Å². The number of nitrogens with zero attached hydrogens (tertiary/aromatic N) is 2. The lowest BCUT2D eigenvalue weighted by molar-refractivity contribution is 0.0921. The number of aryl methyl sites for hydroxylation is 1. The van der Waals surface area contributed by atoms with Gasteiger partial charge < -0.3 is 10.1 Å². The first-order valence-electron chi connectivity index (χ1n) is 5.92. The molecule has 0 aliphatic carbocycles. The van der Waals surface area contributed by atoms with Crippen LogP contribution in [0, 0.1) is 6.92 Å². The number of nitrogens with one attached hydrogen (secondary N) is 1. The third kappa shape index (κ3) is 4.03. The van der Waals surface area contributed by atoms with Crippen LogP contribution in [0.15, 0.2) is 29.6 Å². The molecule has 0 aliphatic rings. The van der Waals surface area contributed by atoms with Gasteiger partial charge in [0.2, 0.25) is 0 Å². The minimum atomic E-state index is -0.228. The maximum absolute atomic E-state index is 11.7. The molecular formula is C13H15N3O2S. The van der Waals surface area contributed by atoms with Crippen LogP contribution in [0.3, 0.4) is 0 Å². The van der Waals surface area contributed by atoms with Crippen molar-refractivity contribution in [1.29, 1.82) is 0 Å². The highest BCUT2D eigenvalue weighted by atomic mass is 32.1. The number of carbonyl (C=O) groups excluding carboxylic acids is 1. The van der Waals surface area contributed by atoms with Crippen molar-refractivity contribution >= 4 is 17.4 Å². The molecule has 0 unspecified atom stereocenters. The van der Waals surface area contributed by atoms with Gasteiger partial charge in [-0.1, -0.05) is 22.2 Å². The summed E-state index contributed by atoms with van der Waals surface area (Å²) in [4.78, 5) is 11.7. The van der Waals surface area contributed by atoms with E-state index in [2.05, 4.69) is 14.9 Å². The SMILES string of the molecule is Cc1ccc(OC[C@H](C)NC(=O)c2csnn2)cc1. The second-order valence-electron chi connectivity index (χ2n) is 4.29. The average molecular weight is 277 g/mol. The number of ether oxygens (including phenoxy) is 1. The summed E-state index contributed by atoms with van der Waals surface area (Å²) < 4.78 is 9.24.